The highest BCUT2D eigenvalue weighted by molar-refractivity contribution is 6.12. The standard InChI is InChI=1S/C32H41FN4O4/c1-32(2,40)25-14-16-36(17-15-25)20-21-4-5-24-19-29(34-30(38)22-6-10-26(33)11-7-22)37(28(24)18-21)27-12-8-23(9-13-27)31(39)35-41-3/h4-7,10-11,18,23,25,27,40H,8-9,12-17,19-20H2,1-3H3,(H,35,39). The molecule has 0 spiro atoms. The van der Waals surface area contributed by atoms with Crippen LogP contribution in [0.3, 0.4) is 0 Å². The van der Waals surface area contributed by atoms with Gasteiger partial charge in [-0.15, -0.1) is 0 Å². The SMILES string of the molecule is CONC(=O)C1CCC(N2C(=NC(=O)c3ccc(F)cc3)Cc3ccc(CN4CCC(C(C)(C)O)CC4)cc32)CC1. The van der Waals surface area contributed by atoms with E-state index in [1.807, 2.05) is 13.8 Å². The molecule has 0 radical (unpaired) electrons. The first-order chi connectivity index (χ1) is 19.6. The third kappa shape index (κ3) is 6.85. The molecule has 2 aromatic carbocycles. The first-order valence-electron chi connectivity index (χ1n) is 14.7. The fourth-order valence-corrected chi connectivity index (χ4v) is 6.59. The number of hydrogen-bond donors (Lipinski definition) is 2. The van der Waals surface area contributed by atoms with E-state index >= 15 is 0 Å². The molecule has 5 rings (SSSR count). The van der Waals surface area contributed by atoms with Gasteiger partial charge in [0.05, 0.1) is 12.7 Å². The summed E-state index contributed by atoms with van der Waals surface area (Å²) in [6, 6.07) is 12.1. The van der Waals surface area contributed by atoms with Gasteiger partial charge in [-0.05, 0) is 113 Å². The number of carbonyl (C=O) groups is 2. The molecule has 2 N–H and O–H groups in total. The number of nitrogens with zero attached hydrogens (tertiary/aromatic N) is 3. The van der Waals surface area contributed by atoms with Crippen LogP contribution in [0.2, 0.25) is 0 Å². The number of rotatable bonds is 7. The monoisotopic (exact) mass is 564 g/mol. The molecule has 2 aromatic rings. The van der Waals surface area contributed by atoms with Crippen molar-refractivity contribution in [3.63, 3.8) is 0 Å². The second-order valence-electron chi connectivity index (χ2n) is 12.2. The Bertz CT molecular complexity index is 1270. The lowest BCUT2D eigenvalue weighted by Crippen LogP contribution is -2.43. The number of nitrogens with one attached hydrogen (secondary N) is 1. The van der Waals surface area contributed by atoms with Crippen LogP contribution >= 0.6 is 0 Å². The van der Waals surface area contributed by atoms with Crippen LogP contribution in [-0.4, -0.2) is 59.5 Å². The number of anilines is 1. The Kier molecular flexibility index (Phi) is 8.87. The van der Waals surface area contributed by atoms with Crippen LogP contribution < -0.4 is 10.4 Å². The van der Waals surface area contributed by atoms with Gasteiger partial charge in [-0.1, -0.05) is 12.1 Å². The summed E-state index contributed by atoms with van der Waals surface area (Å²) in [5, 5.41) is 10.4. The zero-order valence-corrected chi connectivity index (χ0v) is 24.2. The van der Waals surface area contributed by atoms with Crippen LogP contribution in [-0.2, 0) is 22.6 Å². The first kappa shape index (κ1) is 29.4. The van der Waals surface area contributed by atoms with Crippen LogP contribution in [0.4, 0.5) is 10.1 Å². The number of likely N-dealkylation sites (tertiary alicyclic amines) is 1. The number of hydrogen-bond acceptors (Lipinski definition) is 5. The van der Waals surface area contributed by atoms with Crippen LogP contribution in [0.1, 0.15) is 73.9 Å². The number of aliphatic hydroxyl groups is 1. The molecule has 1 aliphatic carbocycles. The van der Waals surface area contributed by atoms with Crippen molar-refractivity contribution >= 4 is 23.3 Å². The minimum Gasteiger partial charge on any atom is -0.390 e. The number of piperidine rings is 1. The van der Waals surface area contributed by atoms with E-state index in [0.29, 0.717) is 23.7 Å². The second-order valence-corrected chi connectivity index (χ2v) is 12.2. The van der Waals surface area contributed by atoms with Gasteiger partial charge in [0.25, 0.3) is 5.91 Å². The molecule has 1 saturated carbocycles. The smallest absolute Gasteiger partial charge is 0.278 e. The van der Waals surface area contributed by atoms with Crippen LogP contribution in [0, 0.1) is 17.7 Å². The first-order valence-corrected chi connectivity index (χ1v) is 14.7. The average Bonchev–Trinajstić information content (AvgIpc) is 3.30. The summed E-state index contributed by atoms with van der Waals surface area (Å²) in [6.07, 6.45) is 5.52. The fraction of sp³-hybridized carbons (Fsp3) is 0.531. The van der Waals surface area contributed by atoms with Crippen LogP contribution in [0.15, 0.2) is 47.5 Å². The van der Waals surface area contributed by atoms with Crippen molar-refractivity contribution in [1.29, 1.82) is 0 Å². The molecule has 3 aliphatic rings. The van der Waals surface area contributed by atoms with Gasteiger partial charge in [0, 0.05) is 36.2 Å². The summed E-state index contributed by atoms with van der Waals surface area (Å²) in [5.74, 6) is 0.0301. The zero-order valence-electron chi connectivity index (χ0n) is 24.2. The topological polar surface area (TPSA) is 94.5 Å². The molecule has 0 unspecified atom stereocenters. The number of amidine groups is 1. The molecule has 1 saturated heterocycles. The van der Waals surface area contributed by atoms with Gasteiger partial charge >= 0.3 is 0 Å². The number of amides is 2. The van der Waals surface area contributed by atoms with E-state index in [2.05, 4.69) is 38.5 Å². The minimum atomic E-state index is -0.648. The summed E-state index contributed by atoms with van der Waals surface area (Å²) in [4.78, 5) is 39.5. The number of benzene rings is 2. The van der Waals surface area contributed by atoms with E-state index in [4.69, 9.17) is 4.84 Å². The fourth-order valence-electron chi connectivity index (χ4n) is 6.59. The van der Waals surface area contributed by atoms with Crippen molar-refractivity contribution in [2.45, 2.75) is 77.0 Å². The minimum absolute atomic E-state index is 0.0937. The number of hydroxylamine groups is 1. The molecule has 0 aromatic heterocycles. The summed E-state index contributed by atoms with van der Waals surface area (Å²) < 4.78 is 13.4. The largest absolute Gasteiger partial charge is 0.390 e. The lowest BCUT2D eigenvalue weighted by molar-refractivity contribution is -0.136. The molecular weight excluding hydrogens is 523 g/mol. The predicted octanol–water partition coefficient (Wildman–Crippen LogP) is 4.65. The molecule has 2 amide bonds. The van der Waals surface area contributed by atoms with E-state index < -0.39 is 11.4 Å². The van der Waals surface area contributed by atoms with Gasteiger partial charge in [-0.25, -0.2) is 9.87 Å². The predicted molar refractivity (Wildman–Crippen MR) is 156 cm³/mol. The van der Waals surface area contributed by atoms with Crippen molar-refractivity contribution in [3.8, 4) is 0 Å². The Morgan fingerprint density at radius 1 is 1.05 bits per heavy atom. The molecule has 8 nitrogen and oxygen atoms in total. The van der Waals surface area contributed by atoms with Crippen molar-refractivity contribution in [2.24, 2.45) is 16.8 Å². The second kappa shape index (κ2) is 12.4. The molecule has 9 heteroatoms. The highest BCUT2D eigenvalue weighted by Crippen LogP contribution is 2.38. The number of aliphatic imine (C=N–C) groups is 1. The maximum absolute atomic E-state index is 13.4. The molecule has 41 heavy (non-hydrogen) atoms. The lowest BCUT2D eigenvalue weighted by atomic mass is 9.83. The number of carbonyl (C=O) groups excluding carboxylic acids is 2. The Hall–Kier alpha value is -3.14. The summed E-state index contributed by atoms with van der Waals surface area (Å²) >= 11 is 0. The maximum atomic E-state index is 13.4. The highest BCUT2D eigenvalue weighted by Gasteiger charge is 2.37. The van der Waals surface area contributed by atoms with E-state index in [-0.39, 0.29) is 23.8 Å². The van der Waals surface area contributed by atoms with E-state index in [1.165, 1.54) is 36.9 Å². The van der Waals surface area contributed by atoms with E-state index in [9.17, 15) is 19.1 Å². The van der Waals surface area contributed by atoms with Crippen molar-refractivity contribution in [1.82, 2.24) is 10.4 Å². The zero-order chi connectivity index (χ0) is 29.1. The van der Waals surface area contributed by atoms with E-state index in [0.717, 1.165) is 69.4 Å². The van der Waals surface area contributed by atoms with Gasteiger partial charge in [-0.3, -0.25) is 19.3 Å². The third-order valence-electron chi connectivity index (χ3n) is 8.99. The van der Waals surface area contributed by atoms with Gasteiger partial charge in [-0.2, -0.15) is 4.99 Å². The lowest BCUT2D eigenvalue weighted by Gasteiger charge is -2.38. The molecule has 0 atom stereocenters. The van der Waals surface area contributed by atoms with Crippen molar-refractivity contribution in [2.75, 3.05) is 25.1 Å². The Morgan fingerprint density at radius 3 is 2.37 bits per heavy atom. The normalized spacial score (nSPS) is 23.0. The quantitative estimate of drug-likeness (QED) is 0.476. The maximum Gasteiger partial charge on any atom is 0.278 e. The van der Waals surface area contributed by atoms with Gasteiger partial charge in [0.1, 0.15) is 11.7 Å². The Morgan fingerprint density at radius 2 is 1.73 bits per heavy atom. The highest BCUT2D eigenvalue weighted by atomic mass is 19.1. The van der Waals surface area contributed by atoms with Gasteiger partial charge in [0.15, 0.2) is 0 Å². The molecule has 0 bridgehead atoms. The third-order valence-corrected chi connectivity index (χ3v) is 8.99. The molecule has 2 aliphatic heterocycles. The molecular formula is C32H41FN4O4. The van der Waals surface area contributed by atoms with Gasteiger partial charge < -0.3 is 10.0 Å². The molecule has 2 heterocycles. The Labute approximate surface area is 241 Å². The molecule has 220 valence electrons. The molecule has 2 fully saturated rings. The number of halogens is 1. The van der Waals surface area contributed by atoms with Crippen molar-refractivity contribution in [3.05, 3.63) is 65.0 Å². The van der Waals surface area contributed by atoms with Crippen LogP contribution in [0.25, 0.3) is 0 Å². The van der Waals surface area contributed by atoms with Crippen molar-refractivity contribution < 1.29 is 23.9 Å². The van der Waals surface area contributed by atoms with Gasteiger partial charge in [0.2, 0.25) is 5.91 Å². The number of fused-ring (bicyclic) bond motifs is 1. The summed E-state index contributed by atoms with van der Waals surface area (Å²) in [5.41, 5.74) is 5.57. The average molecular weight is 565 g/mol. The van der Waals surface area contributed by atoms with E-state index in [1.54, 1.807) is 0 Å². The summed E-state index contributed by atoms with van der Waals surface area (Å²) in [6.45, 7) is 6.52. The Balaban J connectivity index is 1.36. The van der Waals surface area contributed by atoms with Crippen LogP contribution in [0.5, 0.6) is 0 Å². The summed E-state index contributed by atoms with van der Waals surface area (Å²) in [7, 11) is 1.44.